The first kappa shape index (κ1) is 26.8. The maximum Gasteiger partial charge on any atom is 0.410 e. The van der Waals surface area contributed by atoms with Gasteiger partial charge in [0, 0.05) is 42.6 Å². The molecule has 3 aliphatic heterocycles. The molecule has 0 aromatic heterocycles. The smallest absolute Gasteiger partial charge is 0.410 e. The van der Waals surface area contributed by atoms with Gasteiger partial charge in [0.25, 0.3) is 0 Å². The number of aliphatic imine (C=N–C) groups is 1. The molecule has 9 heteroatoms. The molecule has 0 saturated carbocycles. The number of thioether (sulfide) groups is 1. The van der Waals surface area contributed by atoms with Gasteiger partial charge in [-0.1, -0.05) is 0 Å². The third-order valence-electron chi connectivity index (χ3n) is 6.38. The van der Waals surface area contributed by atoms with Crippen LogP contribution in [-0.2, 0) is 9.47 Å². The predicted octanol–water partition coefficient (Wildman–Crippen LogP) is 4.00. The van der Waals surface area contributed by atoms with Crippen molar-refractivity contribution in [3.63, 3.8) is 0 Å². The van der Waals surface area contributed by atoms with E-state index in [-0.39, 0.29) is 46.9 Å². The molecule has 31 heavy (non-hydrogen) atoms. The van der Waals surface area contributed by atoms with E-state index in [9.17, 15) is 4.79 Å². The zero-order valence-corrected chi connectivity index (χ0v) is 22.9. The number of ether oxygens (including phenoxy) is 2. The molecular formula is C22H41IN4O3S. The summed E-state index contributed by atoms with van der Waals surface area (Å²) in [5.41, 5.74) is -0.450. The van der Waals surface area contributed by atoms with Crippen molar-refractivity contribution in [3.8, 4) is 0 Å². The lowest BCUT2D eigenvalue weighted by molar-refractivity contribution is 0.00544. The minimum absolute atomic E-state index is 0. The van der Waals surface area contributed by atoms with Gasteiger partial charge in [-0.2, -0.15) is 11.8 Å². The second-order valence-electron chi connectivity index (χ2n) is 9.78. The summed E-state index contributed by atoms with van der Waals surface area (Å²) in [6, 6.07) is 0.845. The zero-order chi connectivity index (χ0) is 21.8. The molecule has 0 aliphatic carbocycles. The molecule has 2 bridgehead atoms. The molecule has 3 aliphatic rings. The Hall–Kier alpha value is -0.420. The molecule has 0 aromatic rings. The van der Waals surface area contributed by atoms with Crippen molar-refractivity contribution in [2.24, 2.45) is 4.99 Å². The van der Waals surface area contributed by atoms with Crippen LogP contribution in [-0.4, -0.2) is 78.0 Å². The van der Waals surface area contributed by atoms with Gasteiger partial charge in [0.05, 0.1) is 6.54 Å². The summed E-state index contributed by atoms with van der Waals surface area (Å²) in [6.07, 6.45) is 8.14. The van der Waals surface area contributed by atoms with Crippen molar-refractivity contribution in [1.82, 2.24) is 15.5 Å². The number of carbonyl (C=O) groups is 1. The lowest BCUT2D eigenvalue weighted by Crippen LogP contribution is -2.55. The van der Waals surface area contributed by atoms with Gasteiger partial charge in [0.15, 0.2) is 5.96 Å². The standard InChI is InChI=1S/C22H40N4O3S.HI/c1-6-23-19(24-15-22(30-5)9-11-28-12-10-22)25-16-13-17-7-8-18(14-16)26(17)20(27)29-21(2,3)4;/h16-18H,6-15H2,1-5H3,(H2,23,24,25);1H. The van der Waals surface area contributed by atoms with E-state index in [1.54, 1.807) is 0 Å². The number of halogens is 1. The quantitative estimate of drug-likeness (QED) is 0.297. The number of nitrogens with zero attached hydrogens (tertiary/aromatic N) is 2. The van der Waals surface area contributed by atoms with Crippen molar-refractivity contribution in [3.05, 3.63) is 0 Å². The maximum absolute atomic E-state index is 12.7. The van der Waals surface area contributed by atoms with Gasteiger partial charge in [-0.3, -0.25) is 4.99 Å². The molecule has 1 amide bonds. The van der Waals surface area contributed by atoms with Crippen molar-refractivity contribution in [2.75, 3.05) is 32.6 Å². The Morgan fingerprint density at radius 3 is 2.35 bits per heavy atom. The Labute approximate surface area is 209 Å². The Balaban J connectivity index is 0.00000341. The van der Waals surface area contributed by atoms with Crippen molar-refractivity contribution in [2.45, 2.75) is 94.7 Å². The monoisotopic (exact) mass is 568 g/mol. The van der Waals surface area contributed by atoms with Gasteiger partial charge in [-0.15, -0.1) is 24.0 Å². The molecule has 2 N–H and O–H groups in total. The summed E-state index contributed by atoms with van der Waals surface area (Å²) in [5.74, 6) is 0.896. The molecule has 3 rings (SSSR count). The van der Waals surface area contributed by atoms with Crippen molar-refractivity contribution in [1.29, 1.82) is 0 Å². The molecule has 7 nitrogen and oxygen atoms in total. The molecule has 2 unspecified atom stereocenters. The highest BCUT2D eigenvalue weighted by molar-refractivity contribution is 14.0. The van der Waals surface area contributed by atoms with E-state index in [0.29, 0.717) is 6.04 Å². The van der Waals surface area contributed by atoms with Crippen LogP contribution >= 0.6 is 35.7 Å². The number of amides is 1. The summed E-state index contributed by atoms with van der Waals surface area (Å²) in [7, 11) is 0. The first-order valence-corrected chi connectivity index (χ1v) is 12.7. The minimum Gasteiger partial charge on any atom is -0.444 e. The Kier molecular flexibility index (Phi) is 10.1. The molecule has 0 aromatic carbocycles. The normalized spacial score (nSPS) is 28.0. The highest BCUT2D eigenvalue weighted by Crippen LogP contribution is 2.37. The second-order valence-corrected chi connectivity index (χ2v) is 11.1. The topological polar surface area (TPSA) is 75.2 Å². The number of piperidine rings is 1. The van der Waals surface area contributed by atoms with E-state index >= 15 is 0 Å². The van der Waals surface area contributed by atoms with Gasteiger partial charge in [-0.25, -0.2) is 4.79 Å². The van der Waals surface area contributed by atoms with E-state index in [2.05, 4.69) is 23.8 Å². The Bertz CT molecular complexity index is 608. The van der Waals surface area contributed by atoms with Gasteiger partial charge < -0.3 is 25.0 Å². The first-order valence-electron chi connectivity index (χ1n) is 11.4. The molecule has 0 radical (unpaired) electrons. The van der Waals surface area contributed by atoms with Crippen LogP contribution in [0, 0.1) is 0 Å². The number of rotatable bonds is 5. The third kappa shape index (κ3) is 7.28. The third-order valence-corrected chi connectivity index (χ3v) is 7.79. The summed E-state index contributed by atoms with van der Waals surface area (Å²) in [4.78, 5) is 19.6. The number of nitrogens with one attached hydrogen (secondary N) is 2. The molecule has 180 valence electrons. The van der Waals surface area contributed by atoms with Crippen LogP contribution in [0.2, 0.25) is 0 Å². The van der Waals surface area contributed by atoms with E-state index < -0.39 is 5.60 Å². The molecule has 3 saturated heterocycles. The summed E-state index contributed by atoms with van der Waals surface area (Å²) < 4.78 is 11.4. The van der Waals surface area contributed by atoms with Crippen LogP contribution in [0.5, 0.6) is 0 Å². The van der Waals surface area contributed by atoms with Crippen LogP contribution in [0.25, 0.3) is 0 Å². The fourth-order valence-electron chi connectivity index (χ4n) is 4.81. The van der Waals surface area contributed by atoms with Crippen molar-refractivity contribution < 1.29 is 14.3 Å². The largest absolute Gasteiger partial charge is 0.444 e. The zero-order valence-electron chi connectivity index (χ0n) is 19.7. The molecule has 3 heterocycles. The maximum atomic E-state index is 12.7. The average molecular weight is 569 g/mol. The minimum atomic E-state index is -0.450. The predicted molar refractivity (Wildman–Crippen MR) is 139 cm³/mol. The van der Waals surface area contributed by atoms with E-state index in [0.717, 1.165) is 70.8 Å². The Morgan fingerprint density at radius 2 is 1.84 bits per heavy atom. The van der Waals surface area contributed by atoms with Crippen LogP contribution < -0.4 is 10.6 Å². The van der Waals surface area contributed by atoms with Gasteiger partial charge >= 0.3 is 6.09 Å². The van der Waals surface area contributed by atoms with E-state index in [4.69, 9.17) is 14.5 Å². The number of guanidine groups is 1. The Morgan fingerprint density at radius 1 is 1.23 bits per heavy atom. The first-order chi connectivity index (χ1) is 14.3. The fraction of sp³-hybridized carbons (Fsp3) is 0.909. The number of fused-ring (bicyclic) bond motifs is 2. The highest BCUT2D eigenvalue weighted by Gasteiger charge is 2.45. The number of hydrogen-bond donors (Lipinski definition) is 2. The summed E-state index contributed by atoms with van der Waals surface area (Å²) >= 11 is 1.92. The fourth-order valence-corrected chi connectivity index (χ4v) is 5.58. The lowest BCUT2D eigenvalue weighted by atomic mass is 9.97. The summed E-state index contributed by atoms with van der Waals surface area (Å²) in [5, 5.41) is 7.08. The van der Waals surface area contributed by atoms with Gasteiger partial charge in [0.2, 0.25) is 0 Å². The average Bonchev–Trinajstić information content (AvgIpc) is 2.97. The van der Waals surface area contributed by atoms with Gasteiger partial charge in [0.1, 0.15) is 5.60 Å². The van der Waals surface area contributed by atoms with Crippen molar-refractivity contribution >= 4 is 47.8 Å². The highest BCUT2D eigenvalue weighted by atomic mass is 127. The van der Waals surface area contributed by atoms with E-state index in [1.807, 2.05) is 37.4 Å². The van der Waals surface area contributed by atoms with Crippen LogP contribution in [0.1, 0.15) is 66.2 Å². The molecular weight excluding hydrogens is 527 g/mol. The van der Waals surface area contributed by atoms with E-state index in [1.165, 1.54) is 0 Å². The van der Waals surface area contributed by atoms with Crippen LogP contribution in [0.4, 0.5) is 4.79 Å². The molecule has 0 spiro atoms. The van der Waals surface area contributed by atoms with Gasteiger partial charge in [-0.05, 0) is 72.5 Å². The SMILES string of the molecule is CCNC(=NCC1(SC)CCOCC1)NC1CC2CCC(C1)N2C(=O)OC(C)(C)C.I. The number of hydrogen-bond acceptors (Lipinski definition) is 5. The summed E-state index contributed by atoms with van der Waals surface area (Å²) in [6.45, 7) is 11.2. The lowest BCUT2D eigenvalue weighted by Gasteiger charge is -2.40. The molecule has 2 atom stereocenters. The van der Waals surface area contributed by atoms with Crippen LogP contribution in [0.15, 0.2) is 4.99 Å². The number of carbonyl (C=O) groups excluding carboxylic acids is 1. The second kappa shape index (κ2) is 11.6. The molecule has 3 fully saturated rings. The van der Waals surface area contributed by atoms with Crippen LogP contribution in [0.3, 0.4) is 0 Å².